The fourth-order valence-electron chi connectivity index (χ4n) is 1.92. The topological polar surface area (TPSA) is 12.0 Å². The Bertz CT molecular complexity index is 352. The number of benzene rings is 1. The van der Waals surface area contributed by atoms with Gasteiger partial charge in [0.25, 0.3) is 0 Å². The monoisotopic (exact) mass is 375 g/mol. The van der Waals surface area contributed by atoms with Crippen molar-refractivity contribution >= 4 is 31.9 Å². The molecule has 0 aromatic heterocycles. The molecule has 1 aromatic rings. The predicted molar refractivity (Wildman–Crippen MR) is 86.9 cm³/mol. The Morgan fingerprint density at radius 3 is 2.56 bits per heavy atom. The minimum absolute atomic E-state index is 0.601. The Morgan fingerprint density at radius 2 is 1.89 bits per heavy atom. The van der Waals surface area contributed by atoms with Crippen LogP contribution in [0.25, 0.3) is 0 Å². The van der Waals surface area contributed by atoms with Crippen molar-refractivity contribution < 1.29 is 0 Å². The van der Waals surface area contributed by atoms with Crippen molar-refractivity contribution in [3.05, 3.63) is 32.7 Å². The summed E-state index contributed by atoms with van der Waals surface area (Å²) in [6.07, 6.45) is 6.66. The number of rotatable bonds is 8. The van der Waals surface area contributed by atoms with Crippen molar-refractivity contribution in [2.75, 3.05) is 0 Å². The summed E-state index contributed by atoms with van der Waals surface area (Å²) in [6, 6.07) is 7.02. The van der Waals surface area contributed by atoms with Gasteiger partial charge in [0.2, 0.25) is 0 Å². The quantitative estimate of drug-likeness (QED) is 0.577. The number of unbranched alkanes of at least 4 members (excludes halogenated alkanes) is 3. The van der Waals surface area contributed by atoms with Crippen LogP contribution in [0.2, 0.25) is 0 Å². The molecule has 0 fully saturated rings. The van der Waals surface area contributed by atoms with Gasteiger partial charge in [-0.2, -0.15) is 0 Å². The summed E-state index contributed by atoms with van der Waals surface area (Å²) in [4.78, 5) is 0. The molecule has 0 aliphatic carbocycles. The van der Waals surface area contributed by atoms with Gasteiger partial charge in [0.15, 0.2) is 0 Å². The van der Waals surface area contributed by atoms with Gasteiger partial charge in [0.1, 0.15) is 0 Å². The molecule has 102 valence electrons. The van der Waals surface area contributed by atoms with E-state index in [1.807, 2.05) is 0 Å². The maximum absolute atomic E-state index is 3.59. The predicted octanol–water partition coefficient (Wildman–Crippen LogP) is 5.66. The van der Waals surface area contributed by atoms with Crippen LogP contribution in [0.15, 0.2) is 27.1 Å². The molecule has 0 amide bonds. The molecule has 1 unspecified atom stereocenters. The van der Waals surface area contributed by atoms with E-state index in [9.17, 15) is 0 Å². The van der Waals surface area contributed by atoms with E-state index < -0.39 is 0 Å². The zero-order chi connectivity index (χ0) is 13.4. The van der Waals surface area contributed by atoms with Crippen LogP contribution in [0, 0.1) is 0 Å². The van der Waals surface area contributed by atoms with Crippen LogP contribution in [0.4, 0.5) is 0 Å². The maximum atomic E-state index is 3.59. The lowest BCUT2D eigenvalue weighted by molar-refractivity contribution is 0.482. The maximum Gasteiger partial charge on any atom is 0.0320 e. The molecule has 3 heteroatoms. The second-order valence-electron chi connectivity index (χ2n) is 4.88. The molecule has 0 saturated heterocycles. The molecule has 0 aliphatic rings. The Hall–Kier alpha value is 0.140. The van der Waals surface area contributed by atoms with Gasteiger partial charge in [0, 0.05) is 21.5 Å². The minimum atomic E-state index is 0.601. The van der Waals surface area contributed by atoms with Crippen LogP contribution in [0.5, 0.6) is 0 Å². The molecule has 1 N–H and O–H groups in total. The van der Waals surface area contributed by atoms with E-state index in [-0.39, 0.29) is 0 Å². The van der Waals surface area contributed by atoms with E-state index in [1.54, 1.807) is 0 Å². The van der Waals surface area contributed by atoms with Crippen molar-refractivity contribution in [2.24, 2.45) is 0 Å². The first-order valence-electron chi connectivity index (χ1n) is 6.80. The highest BCUT2D eigenvalue weighted by Crippen LogP contribution is 2.23. The van der Waals surface area contributed by atoms with E-state index in [1.165, 1.54) is 37.7 Å². The minimum Gasteiger partial charge on any atom is -0.310 e. The average molecular weight is 377 g/mol. The fraction of sp³-hybridized carbons (Fsp3) is 0.600. The largest absolute Gasteiger partial charge is 0.310 e. The van der Waals surface area contributed by atoms with Crippen LogP contribution in [0.3, 0.4) is 0 Å². The molecule has 1 rings (SSSR count). The van der Waals surface area contributed by atoms with Gasteiger partial charge in [-0.3, -0.25) is 0 Å². The number of hydrogen-bond donors (Lipinski definition) is 1. The molecule has 0 heterocycles. The Balaban J connectivity index is 2.24. The highest BCUT2D eigenvalue weighted by molar-refractivity contribution is 9.13. The number of nitrogens with one attached hydrogen (secondary N) is 1. The summed E-state index contributed by atoms with van der Waals surface area (Å²) in [5.74, 6) is 0. The van der Waals surface area contributed by atoms with Crippen molar-refractivity contribution in [2.45, 2.75) is 58.5 Å². The first kappa shape index (κ1) is 16.2. The van der Waals surface area contributed by atoms with Gasteiger partial charge in [0.05, 0.1) is 0 Å². The molecule has 0 saturated carbocycles. The van der Waals surface area contributed by atoms with Crippen LogP contribution in [0.1, 0.15) is 51.5 Å². The standard InChI is InChI=1S/C15H23Br2N/c1-3-4-5-6-7-12(2)18-11-13-8-9-14(16)15(17)10-13/h8-10,12,18H,3-7,11H2,1-2H3. The van der Waals surface area contributed by atoms with E-state index >= 15 is 0 Å². The summed E-state index contributed by atoms with van der Waals surface area (Å²) >= 11 is 7.03. The highest BCUT2D eigenvalue weighted by atomic mass is 79.9. The lowest BCUT2D eigenvalue weighted by Crippen LogP contribution is -2.25. The van der Waals surface area contributed by atoms with Crippen LogP contribution >= 0.6 is 31.9 Å². The first-order chi connectivity index (χ1) is 8.63. The van der Waals surface area contributed by atoms with E-state index in [0.29, 0.717) is 6.04 Å². The smallest absolute Gasteiger partial charge is 0.0320 e. The van der Waals surface area contributed by atoms with Crippen molar-refractivity contribution in [1.82, 2.24) is 5.32 Å². The lowest BCUT2D eigenvalue weighted by atomic mass is 10.1. The Kier molecular flexibility index (Phi) is 8.20. The molecular formula is C15H23Br2N. The van der Waals surface area contributed by atoms with Gasteiger partial charge in [-0.05, 0) is 62.9 Å². The van der Waals surface area contributed by atoms with Gasteiger partial charge >= 0.3 is 0 Å². The molecule has 1 nitrogen and oxygen atoms in total. The zero-order valence-corrected chi connectivity index (χ0v) is 14.5. The second-order valence-corrected chi connectivity index (χ2v) is 6.59. The number of halogens is 2. The molecule has 0 radical (unpaired) electrons. The second kappa shape index (κ2) is 9.11. The molecule has 0 bridgehead atoms. The van der Waals surface area contributed by atoms with E-state index in [0.717, 1.165) is 15.5 Å². The van der Waals surface area contributed by atoms with Gasteiger partial charge in [-0.25, -0.2) is 0 Å². The molecule has 18 heavy (non-hydrogen) atoms. The van der Waals surface area contributed by atoms with Gasteiger partial charge < -0.3 is 5.32 Å². The SMILES string of the molecule is CCCCCCC(C)NCc1ccc(Br)c(Br)c1. The summed E-state index contributed by atoms with van der Waals surface area (Å²) in [6.45, 7) is 5.48. The average Bonchev–Trinajstić information content (AvgIpc) is 2.36. The Morgan fingerprint density at radius 1 is 1.11 bits per heavy atom. The van der Waals surface area contributed by atoms with Crippen LogP contribution in [-0.2, 0) is 6.54 Å². The highest BCUT2D eigenvalue weighted by Gasteiger charge is 2.03. The third-order valence-corrected chi connectivity index (χ3v) is 5.01. The zero-order valence-electron chi connectivity index (χ0n) is 11.3. The summed E-state index contributed by atoms with van der Waals surface area (Å²) in [7, 11) is 0. The molecule has 1 aromatic carbocycles. The van der Waals surface area contributed by atoms with Crippen LogP contribution < -0.4 is 5.32 Å². The van der Waals surface area contributed by atoms with Crippen molar-refractivity contribution in [1.29, 1.82) is 0 Å². The van der Waals surface area contributed by atoms with Gasteiger partial charge in [-0.15, -0.1) is 0 Å². The van der Waals surface area contributed by atoms with E-state index in [4.69, 9.17) is 0 Å². The van der Waals surface area contributed by atoms with Crippen molar-refractivity contribution in [3.63, 3.8) is 0 Å². The number of hydrogen-bond acceptors (Lipinski definition) is 1. The van der Waals surface area contributed by atoms with E-state index in [2.05, 4.69) is 69.2 Å². The lowest BCUT2D eigenvalue weighted by Gasteiger charge is -2.14. The summed E-state index contributed by atoms with van der Waals surface area (Å²) < 4.78 is 2.23. The third kappa shape index (κ3) is 6.35. The normalized spacial score (nSPS) is 12.7. The molecular weight excluding hydrogens is 354 g/mol. The van der Waals surface area contributed by atoms with Crippen LogP contribution in [-0.4, -0.2) is 6.04 Å². The van der Waals surface area contributed by atoms with Crippen molar-refractivity contribution in [3.8, 4) is 0 Å². The summed E-state index contributed by atoms with van der Waals surface area (Å²) in [5.41, 5.74) is 1.32. The molecule has 0 aliphatic heterocycles. The Labute approximate surface area is 128 Å². The fourth-order valence-corrected chi connectivity index (χ4v) is 2.59. The summed E-state index contributed by atoms with van der Waals surface area (Å²) in [5, 5.41) is 3.59. The molecule has 0 spiro atoms. The third-order valence-electron chi connectivity index (χ3n) is 3.13. The molecule has 1 atom stereocenters. The first-order valence-corrected chi connectivity index (χ1v) is 8.39. The van der Waals surface area contributed by atoms with Gasteiger partial charge in [-0.1, -0.05) is 38.7 Å².